The van der Waals surface area contributed by atoms with Gasteiger partial charge in [-0.3, -0.25) is 0 Å². The normalized spacial score (nSPS) is 23.1. The van der Waals surface area contributed by atoms with Crippen molar-refractivity contribution in [2.45, 2.75) is 354 Å². The van der Waals surface area contributed by atoms with Crippen LogP contribution in [-0.4, -0.2) is 11.7 Å². The molecule has 1 N–H and O–H groups in total. The summed E-state index contributed by atoms with van der Waals surface area (Å²) < 4.78 is 0. The Kier molecular flexibility index (Phi) is 55.9. The van der Waals surface area contributed by atoms with Crippen molar-refractivity contribution in [3.05, 3.63) is 0 Å². The largest absolute Gasteiger partial charge is 0.397 e. The van der Waals surface area contributed by atoms with Crippen LogP contribution in [0.5, 0.6) is 0 Å². The van der Waals surface area contributed by atoms with Crippen molar-refractivity contribution in [2.24, 2.45) is 0 Å². The van der Waals surface area contributed by atoms with E-state index in [1.165, 1.54) is 347 Å². The highest BCUT2D eigenvalue weighted by atomic mass is 16.2. The molecule has 0 aromatic rings. The lowest BCUT2D eigenvalue weighted by atomic mass is 10.0. The molecule has 344 valence electrons. The molecule has 0 radical (unpaired) electrons. The minimum absolute atomic E-state index is 0.250. The first kappa shape index (κ1) is 57.0. The SMILES string of the molecule is C1CCCCC1.C1CCCCC1.C1CCCCC1.C1CCCCC1.C1CCCCC1.C1CCCCC1.C1CCCCC1.C1CCCCC1.C1CCCCC1.CCO. The molecule has 0 saturated heterocycles. The van der Waals surface area contributed by atoms with Crippen molar-refractivity contribution in [3.63, 3.8) is 0 Å². The summed E-state index contributed by atoms with van der Waals surface area (Å²) >= 11 is 0. The van der Waals surface area contributed by atoms with Gasteiger partial charge >= 0.3 is 0 Å². The fourth-order valence-corrected chi connectivity index (χ4v) is 9.55. The third-order valence-corrected chi connectivity index (χ3v) is 13.5. The molecule has 0 atom stereocenters. The average Bonchev–Trinajstić information content (AvgIpc) is 3.36. The smallest absolute Gasteiger partial charge is 0.0402 e. The van der Waals surface area contributed by atoms with E-state index in [2.05, 4.69) is 0 Å². The minimum atomic E-state index is 0.250. The van der Waals surface area contributed by atoms with Crippen LogP contribution < -0.4 is 0 Å². The quantitative estimate of drug-likeness (QED) is 0.259. The first-order valence-electron chi connectivity index (χ1n) is 28.0. The van der Waals surface area contributed by atoms with Gasteiger partial charge in [0, 0.05) is 6.61 Å². The first-order chi connectivity index (χ1) is 28.4. The molecule has 57 heavy (non-hydrogen) atoms. The lowest BCUT2D eigenvalue weighted by Gasteiger charge is -2.05. The Labute approximate surface area is 364 Å². The minimum Gasteiger partial charge on any atom is -0.397 e. The molecule has 9 rings (SSSR count). The number of hydrogen-bond acceptors (Lipinski definition) is 1. The molecule has 0 heterocycles. The summed E-state index contributed by atoms with van der Waals surface area (Å²) in [5.74, 6) is 0. The van der Waals surface area contributed by atoms with Gasteiger partial charge < -0.3 is 5.11 Å². The topological polar surface area (TPSA) is 20.2 Å². The maximum atomic E-state index is 7.57. The Bertz CT molecular complexity index is 332. The highest BCUT2D eigenvalue weighted by Gasteiger charge is 2.00. The van der Waals surface area contributed by atoms with E-state index >= 15 is 0 Å². The molecular formula is C56H114O. The van der Waals surface area contributed by atoms with E-state index in [4.69, 9.17) is 5.11 Å². The molecule has 0 aromatic heterocycles. The number of hydrogen-bond donors (Lipinski definition) is 1. The fraction of sp³-hybridized carbons (Fsp3) is 1.00. The Hall–Kier alpha value is -0.0400. The fourth-order valence-electron chi connectivity index (χ4n) is 9.55. The van der Waals surface area contributed by atoms with Crippen LogP contribution in [0.25, 0.3) is 0 Å². The second-order valence-electron chi connectivity index (χ2n) is 19.4. The summed E-state index contributed by atoms with van der Waals surface area (Å²) in [7, 11) is 0. The summed E-state index contributed by atoms with van der Waals surface area (Å²) in [5, 5.41) is 7.57. The molecule has 9 aliphatic rings. The van der Waals surface area contributed by atoms with Gasteiger partial charge in [0.25, 0.3) is 0 Å². The summed E-state index contributed by atoms with van der Waals surface area (Å²) in [4.78, 5) is 0. The van der Waals surface area contributed by atoms with Gasteiger partial charge in [-0.05, 0) is 6.92 Å². The van der Waals surface area contributed by atoms with Gasteiger partial charge in [-0.1, -0.05) is 347 Å². The molecule has 9 aliphatic carbocycles. The molecule has 0 aromatic carbocycles. The zero-order valence-corrected chi connectivity index (χ0v) is 40.3. The number of aliphatic hydroxyl groups is 1. The van der Waals surface area contributed by atoms with Gasteiger partial charge in [0.05, 0.1) is 0 Å². The van der Waals surface area contributed by atoms with Crippen molar-refractivity contribution in [1.29, 1.82) is 0 Å². The van der Waals surface area contributed by atoms with E-state index in [9.17, 15) is 0 Å². The maximum absolute atomic E-state index is 7.57. The summed E-state index contributed by atoms with van der Waals surface area (Å²) in [6, 6.07) is 0. The molecule has 0 amide bonds. The van der Waals surface area contributed by atoms with Crippen LogP contribution in [0.3, 0.4) is 0 Å². The molecule has 9 fully saturated rings. The summed E-state index contributed by atoms with van der Waals surface area (Å²) in [6.07, 6.45) is 81.0. The van der Waals surface area contributed by atoms with E-state index in [-0.39, 0.29) is 6.61 Å². The molecular weight excluding hydrogens is 689 g/mol. The second-order valence-corrected chi connectivity index (χ2v) is 19.4. The van der Waals surface area contributed by atoms with E-state index < -0.39 is 0 Å². The van der Waals surface area contributed by atoms with Crippen LogP contribution in [-0.2, 0) is 0 Å². The van der Waals surface area contributed by atoms with E-state index in [1.54, 1.807) is 6.92 Å². The van der Waals surface area contributed by atoms with Crippen LogP contribution >= 0.6 is 0 Å². The van der Waals surface area contributed by atoms with E-state index in [0.717, 1.165) is 0 Å². The van der Waals surface area contributed by atoms with E-state index in [0.29, 0.717) is 0 Å². The third-order valence-electron chi connectivity index (χ3n) is 13.5. The molecule has 9 saturated carbocycles. The lowest BCUT2D eigenvalue weighted by Crippen LogP contribution is -1.85. The highest BCUT2D eigenvalue weighted by molar-refractivity contribution is 4.55. The van der Waals surface area contributed by atoms with E-state index in [1.807, 2.05) is 0 Å². The molecule has 0 bridgehead atoms. The molecule has 0 spiro atoms. The van der Waals surface area contributed by atoms with Gasteiger partial charge in [0.1, 0.15) is 0 Å². The Morgan fingerprint density at radius 1 is 0.140 bits per heavy atom. The zero-order valence-electron chi connectivity index (χ0n) is 40.3. The van der Waals surface area contributed by atoms with Crippen LogP contribution in [0.2, 0.25) is 0 Å². The van der Waals surface area contributed by atoms with Crippen molar-refractivity contribution in [1.82, 2.24) is 0 Å². The van der Waals surface area contributed by atoms with Gasteiger partial charge in [-0.2, -0.15) is 0 Å². The lowest BCUT2D eigenvalue weighted by molar-refractivity contribution is 0.318. The molecule has 1 heteroatoms. The van der Waals surface area contributed by atoms with Crippen LogP contribution in [0.1, 0.15) is 354 Å². The van der Waals surface area contributed by atoms with Crippen LogP contribution in [0.4, 0.5) is 0 Å². The van der Waals surface area contributed by atoms with Crippen molar-refractivity contribution in [2.75, 3.05) is 6.61 Å². The van der Waals surface area contributed by atoms with Crippen LogP contribution in [0.15, 0.2) is 0 Å². The Morgan fingerprint density at radius 3 is 0.175 bits per heavy atom. The predicted octanol–water partition coefficient (Wildman–Crippen LogP) is 21.1. The zero-order chi connectivity index (χ0) is 40.9. The van der Waals surface area contributed by atoms with Gasteiger partial charge in [-0.25, -0.2) is 0 Å². The van der Waals surface area contributed by atoms with Crippen molar-refractivity contribution in [3.8, 4) is 0 Å². The second kappa shape index (κ2) is 56.0. The average molecular weight is 804 g/mol. The molecule has 0 aliphatic heterocycles. The Balaban J connectivity index is 0.000000614. The number of aliphatic hydroxyl groups excluding tert-OH is 1. The van der Waals surface area contributed by atoms with Crippen molar-refractivity contribution >= 4 is 0 Å². The summed E-state index contributed by atoms with van der Waals surface area (Å²) in [5.41, 5.74) is 0. The number of rotatable bonds is 0. The maximum Gasteiger partial charge on any atom is 0.0402 e. The van der Waals surface area contributed by atoms with Crippen LogP contribution in [0, 0.1) is 0 Å². The monoisotopic (exact) mass is 803 g/mol. The standard InChI is InChI=1S/9C6H12.C2H6O/c9*1-2-4-6-5-3-1;1-2-3/h9*1-6H2;3H,2H2,1H3. The Morgan fingerprint density at radius 2 is 0.158 bits per heavy atom. The van der Waals surface area contributed by atoms with Gasteiger partial charge in [0.2, 0.25) is 0 Å². The van der Waals surface area contributed by atoms with Crippen molar-refractivity contribution < 1.29 is 5.11 Å². The summed E-state index contributed by atoms with van der Waals surface area (Å²) in [6.45, 7) is 1.93. The highest BCUT2D eigenvalue weighted by Crippen LogP contribution is 2.20. The third kappa shape index (κ3) is 56.0. The predicted molar refractivity (Wildman–Crippen MR) is 262 cm³/mol. The molecule has 1 nitrogen and oxygen atoms in total. The first-order valence-corrected chi connectivity index (χ1v) is 28.0. The van der Waals surface area contributed by atoms with Gasteiger partial charge in [0.15, 0.2) is 0 Å². The molecule has 0 unspecified atom stereocenters. The van der Waals surface area contributed by atoms with Gasteiger partial charge in [-0.15, -0.1) is 0 Å².